The number of rotatable bonds is 5. The van der Waals surface area contributed by atoms with Gasteiger partial charge in [0.15, 0.2) is 5.82 Å². The van der Waals surface area contributed by atoms with Crippen LogP contribution in [0, 0.1) is 6.92 Å². The van der Waals surface area contributed by atoms with Crippen molar-refractivity contribution in [1.82, 2.24) is 9.97 Å². The molecule has 0 spiro atoms. The zero-order valence-electron chi connectivity index (χ0n) is 11.8. The third kappa shape index (κ3) is 3.46. The molecule has 1 heterocycles. The molecule has 106 valence electrons. The predicted octanol–water partition coefficient (Wildman–Crippen LogP) is 3.65. The van der Waals surface area contributed by atoms with E-state index in [1.54, 1.807) is 13.2 Å². The molecule has 0 amide bonds. The minimum atomic E-state index is 0.360. The maximum Gasteiger partial charge on any atom is 0.156 e. The summed E-state index contributed by atoms with van der Waals surface area (Å²) in [7, 11) is 1.65. The van der Waals surface area contributed by atoms with Crippen LogP contribution in [0.4, 0.5) is 0 Å². The van der Waals surface area contributed by atoms with E-state index in [9.17, 15) is 0 Å². The normalized spacial score (nSPS) is 10.6. The van der Waals surface area contributed by atoms with Crippen LogP contribution in [0.2, 0.25) is 5.15 Å². The van der Waals surface area contributed by atoms with Crippen LogP contribution in [0.5, 0.6) is 5.75 Å². The Balaban J connectivity index is 2.39. The molecule has 0 radical (unpaired) electrons. The molecule has 0 aliphatic heterocycles. The summed E-state index contributed by atoms with van der Waals surface area (Å²) in [5.41, 5.74) is 2.87. The van der Waals surface area contributed by atoms with E-state index in [1.807, 2.05) is 32.0 Å². The van der Waals surface area contributed by atoms with Crippen LogP contribution in [-0.4, -0.2) is 23.7 Å². The number of benzene rings is 1. The van der Waals surface area contributed by atoms with Gasteiger partial charge in [0.1, 0.15) is 17.5 Å². The summed E-state index contributed by atoms with van der Waals surface area (Å²) in [6.45, 7) is 4.92. The lowest BCUT2D eigenvalue weighted by molar-refractivity contribution is 0.128. The van der Waals surface area contributed by atoms with E-state index in [2.05, 4.69) is 9.97 Å². The van der Waals surface area contributed by atoms with Gasteiger partial charge in [0.2, 0.25) is 0 Å². The summed E-state index contributed by atoms with van der Waals surface area (Å²) in [5, 5.41) is 0.417. The van der Waals surface area contributed by atoms with E-state index < -0.39 is 0 Å². The van der Waals surface area contributed by atoms with Crippen molar-refractivity contribution in [2.24, 2.45) is 0 Å². The van der Waals surface area contributed by atoms with Crippen molar-refractivity contribution >= 4 is 11.6 Å². The van der Waals surface area contributed by atoms with Gasteiger partial charge in [-0.15, -0.1) is 0 Å². The molecule has 4 nitrogen and oxygen atoms in total. The number of hydrogen-bond donors (Lipinski definition) is 0. The van der Waals surface area contributed by atoms with Crippen LogP contribution in [-0.2, 0) is 11.3 Å². The van der Waals surface area contributed by atoms with E-state index in [1.165, 1.54) is 0 Å². The molecule has 0 fully saturated rings. The summed E-state index contributed by atoms with van der Waals surface area (Å²) in [6, 6.07) is 7.59. The first-order valence-electron chi connectivity index (χ1n) is 6.40. The van der Waals surface area contributed by atoms with Gasteiger partial charge >= 0.3 is 0 Å². The molecule has 20 heavy (non-hydrogen) atoms. The number of aromatic nitrogens is 2. The van der Waals surface area contributed by atoms with Crippen molar-refractivity contribution < 1.29 is 9.47 Å². The first-order chi connectivity index (χ1) is 9.63. The van der Waals surface area contributed by atoms with E-state index in [-0.39, 0.29) is 0 Å². The Kier molecular flexibility index (Phi) is 4.93. The van der Waals surface area contributed by atoms with Crippen molar-refractivity contribution in [2.75, 3.05) is 13.7 Å². The fourth-order valence-electron chi connectivity index (χ4n) is 1.91. The Morgan fingerprint density at radius 2 is 2.00 bits per heavy atom. The topological polar surface area (TPSA) is 44.2 Å². The summed E-state index contributed by atoms with van der Waals surface area (Å²) >= 11 is 6.06. The number of aryl methyl sites for hydroxylation is 1. The monoisotopic (exact) mass is 292 g/mol. The fourth-order valence-corrected chi connectivity index (χ4v) is 2.11. The maximum atomic E-state index is 6.06. The Morgan fingerprint density at radius 3 is 2.65 bits per heavy atom. The summed E-state index contributed by atoms with van der Waals surface area (Å²) < 4.78 is 10.5. The Bertz CT molecular complexity index is 602. The minimum Gasteiger partial charge on any atom is -0.497 e. The number of hydrogen-bond acceptors (Lipinski definition) is 4. The lowest BCUT2D eigenvalue weighted by atomic mass is 10.1. The number of halogens is 1. The molecule has 2 rings (SSSR count). The average molecular weight is 293 g/mol. The molecule has 0 atom stereocenters. The molecule has 0 N–H and O–H groups in total. The molecule has 0 aliphatic rings. The molecule has 1 aromatic heterocycles. The van der Waals surface area contributed by atoms with Gasteiger partial charge in [-0.05, 0) is 37.6 Å². The van der Waals surface area contributed by atoms with Crippen molar-refractivity contribution in [3.8, 4) is 17.0 Å². The number of nitrogens with zero attached hydrogens (tertiary/aromatic N) is 2. The van der Waals surface area contributed by atoms with Crippen LogP contribution >= 0.6 is 11.6 Å². The zero-order valence-corrected chi connectivity index (χ0v) is 12.6. The van der Waals surface area contributed by atoms with Gasteiger partial charge in [-0.2, -0.15) is 0 Å². The molecule has 0 unspecified atom stereocenters. The molecule has 0 saturated carbocycles. The van der Waals surface area contributed by atoms with Gasteiger partial charge in [-0.3, -0.25) is 0 Å². The quantitative estimate of drug-likeness (QED) is 0.789. The summed E-state index contributed by atoms with van der Waals surface area (Å²) in [5.74, 6) is 1.41. The standard InChI is InChI=1S/C15H17ClN2O2/c1-4-20-9-15-17-13(8-14(16)18-15)12-6-5-11(19-3)7-10(12)2/h5-8H,4,9H2,1-3H3. The van der Waals surface area contributed by atoms with Crippen LogP contribution in [0.3, 0.4) is 0 Å². The molecular weight excluding hydrogens is 276 g/mol. The van der Waals surface area contributed by atoms with Gasteiger partial charge in [-0.25, -0.2) is 9.97 Å². The Labute approximate surface area is 123 Å². The molecule has 5 heteroatoms. The van der Waals surface area contributed by atoms with Crippen molar-refractivity contribution in [2.45, 2.75) is 20.5 Å². The summed E-state index contributed by atoms with van der Waals surface area (Å²) in [4.78, 5) is 8.66. The molecule has 0 saturated heterocycles. The number of ether oxygens (including phenoxy) is 2. The third-order valence-electron chi connectivity index (χ3n) is 2.89. The molecular formula is C15H17ClN2O2. The van der Waals surface area contributed by atoms with Gasteiger partial charge in [-0.1, -0.05) is 11.6 Å². The maximum absolute atomic E-state index is 6.06. The lowest BCUT2D eigenvalue weighted by Gasteiger charge is -2.09. The van der Waals surface area contributed by atoms with Crippen LogP contribution in [0.25, 0.3) is 11.3 Å². The highest BCUT2D eigenvalue weighted by molar-refractivity contribution is 6.29. The van der Waals surface area contributed by atoms with E-state index in [0.29, 0.717) is 24.2 Å². The lowest BCUT2D eigenvalue weighted by Crippen LogP contribution is -2.01. The van der Waals surface area contributed by atoms with Crippen molar-refractivity contribution in [1.29, 1.82) is 0 Å². The smallest absolute Gasteiger partial charge is 0.156 e. The van der Waals surface area contributed by atoms with Crippen molar-refractivity contribution in [3.05, 3.63) is 40.8 Å². The minimum absolute atomic E-state index is 0.360. The second-order valence-electron chi connectivity index (χ2n) is 4.31. The zero-order chi connectivity index (χ0) is 14.5. The van der Waals surface area contributed by atoms with E-state index in [4.69, 9.17) is 21.1 Å². The second kappa shape index (κ2) is 6.68. The highest BCUT2D eigenvalue weighted by Gasteiger charge is 2.09. The van der Waals surface area contributed by atoms with Gasteiger partial charge < -0.3 is 9.47 Å². The Morgan fingerprint density at radius 1 is 1.20 bits per heavy atom. The molecule has 1 aromatic carbocycles. The van der Waals surface area contributed by atoms with E-state index >= 15 is 0 Å². The highest BCUT2D eigenvalue weighted by atomic mass is 35.5. The molecule has 0 aliphatic carbocycles. The summed E-state index contributed by atoms with van der Waals surface area (Å²) in [6.07, 6.45) is 0. The fraction of sp³-hybridized carbons (Fsp3) is 0.333. The molecule has 2 aromatic rings. The highest BCUT2D eigenvalue weighted by Crippen LogP contribution is 2.26. The third-order valence-corrected chi connectivity index (χ3v) is 3.08. The van der Waals surface area contributed by atoms with Gasteiger partial charge in [0.05, 0.1) is 12.8 Å². The first kappa shape index (κ1) is 14.8. The van der Waals surface area contributed by atoms with Crippen molar-refractivity contribution in [3.63, 3.8) is 0 Å². The Hall–Kier alpha value is -1.65. The van der Waals surface area contributed by atoms with Crippen LogP contribution in [0.1, 0.15) is 18.3 Å². The number of methoxy groups -OCH3 is 1. The van der Waals surface area contributed by atoms with Crippen LogP contribution in [0.15, 0.2) is 24.3 Å². The first-order valence-corrected chi connectivity index (χ1v) is 6.78. The largest absolute Gasteiger partial charge is 0.497 e. The van der Waals surface area contributed by atoms with Crippen LogP contribution < -0.4 is 4.74 Å². The van der Waals surface area contributed by atoms with E-state index in [0.717, 1.165) is 22.6 Å². The average Bonchev–Trinajstić information content (AvgIpc) is 2.44. The SMILES string of the molecule is CCOCc1nc(Cl)cc(-c2ccc(OC)cc2C)n1. The molecule has 0 bridgehead atoms. The predicted molar refractivity (Wildman–Crippen MR) is 79.1 cm³/mol. The van der Waals surface area contributed by atoms with Gasteiger partial charge in [0.25, 0.3) is 0 Å². The van der Waals surface area contributed by atoms with Gasteiger partial charge in [0, 0.05) is 18.2 Å². The second-order valence-corrected chi connectivity index (χ2v) is 4.70.